The smallest absolute Gasteiger partial charge is 0.220 e. The standard InChI is InChI=1S/C20H22N2O/c23-20(12-6-9-16-7-2-1-3-8-16)21-14-13-17-15-22-19-11-5-4-10-18(17)19/h1-5,7-8,10-11,15,22H,6,9,12-14H2,(H,21,23). The molecule has 3 aromatic rings. The molecule has 1 aromatic heterocycles. The summed E-state index contributed by atoms with van der Waals surface area (Å²) in [7, 11) is 0. The molecule has 0 fully saturated rings. The third-order valence-corrected chi connectivity index (χ3v) is 4.10. The van der Waals surface area contributed by atoms with Gasteiger partial charge in [0.1, 0.15) is 0 Å². The molecule has 0 atom stereocenters. The first-order valence-electron chi connectivity index (χ1n) is 8.18. The molecule has 3 heteroatoms. The molecule has 0 aliphatic rings. The number of aromatic amines is 1. The van der Waals surface area contributed by atoms with Crippen LogP contribution in [0.5, 0.6) is 0 Å². The van der Waals surface area contributed by atoms with Gasteiger partial charge in [0.15, 0.2) is 0 Å². The van der Waals surface area contributed by atoms with Crippen LogP contribution in [0, 0.1) is 0 Å². The minimum absolute atomic E-state index is 0.140. The molecule has 0 unspecified atom stereocenters. The number of H-pyrrole nitrogens is 1. The van der Waals surface area contributed by atoms with E-state index in [0.29, 0.717) is 13.0 Å². The van der Waals surface area contributed by atoms with Crippen molar-refractivity contribution in [2.45, 2.75) is 25.7 Å². The zero-order chi connectivity index (χ0) is 15.9. The first kappa shape index (κ1) is 15.3. The lowest BCUT2D eigenvalue weighted by Crippen LogP contribution is -2.25. The predicted molar refractivity (Wildman–Crippen MR) is 94.4 cm³/mol. The lowest BCUT2D eigenvalue weighted by molar-refractivity contribution is -0.121. The van der Waals surface area contributed by atoms with E-state index in [1.807, 2.05) is 36.5 Å². The normalized spacial score (nSPS) is 10.8. The Hall–Kier alpha value is -2.55. The van der Waals surface area contributed by atoms with Crippen LogP contribution in [0.2, 0.25) is 0 Å². The lowest BCUT2D eigenvalue weighted by Gasteiger charge is -2.05. The second kappa shape index (κ2) is 7.63. The van der Waals surface area contributed by atoms with Gasteiger partial charge in [0.2, 0.25) is 5.91 Å². The average molecular weight is 306 g/mol. The van der Waals surface area contributed by atoms with Crippen LogP contribution in [0.4, 0.5) is 0 Å². The molecule has 1 amide bonds. The topological polar surface area (TPSA) is 44.9 Å². The summed E-state index contributed by atoms with van der Waals surface area (Å²) in [5.41, 5.74) is 3.70. The largest absolute Gasteiger partial charge is 0.361 e. The van der Waals surface area contributed by atoms with Crippen molar-refractivity contribution in [1.82, 2.24) is 10.3 Å². The maximum absolute atomic E-state index is 11.9. The molecule has 0 aliphatic heterocycles. The van der Waals surface area contributed by atoms with Crippen molar-refractivity contribution >= 4 is 16.8 Å². The van der Waals surface area contributed by atoms with E-state index in [0.717, 1.165) is 24.8 Å². The van der Waals surface area contributed by atoms with Crippen molar-refractivity contribution in [3.05, 3.63) is 71.9 Å². The third kappa shape index (κ3) is 4.22. The predicted octanol–water partition coefficient (Wildman–Crippen LogP) is 3.85. The fourth-order valence-corrected chi connectivity index (χ4v) is 2.86. The molecular formula is C20H22N2O. The van der Waals surface area contributed by atoms with Gasteiger partial charge in [-0.25, -0.2) is 0 Å². The number of carbonyl (C=O) groups excluding carboxylic acids is 1. The first-order chi connectivity index (χ1) is 11.3. The van der Waals surface area contributed by atoms with Gasteiger partial charge in [0.05, 0.1) is 0 Å². The van der Waals surface area contributed by atoms with Crippen LogP contribution in [0.15, 0.2) is 60.8 Å². The lowest BCUT2D eigenvalue weighted by atomic mass is 10.1. The van der Waals surface area contributed by atoms with Crippen LogP contribution in [-0.2, 0) is 17.6 Å². The van der Waals surface area contributed by atoms with Gasteiger partial charge < -0.3 is 10.3 Å². The van der Waals surface area contributed by atoms with Crippen LogP contribution >= 0.6 is 0 Å². The highest BCUT2D eigenvalue weighted by Gasteiger charge is 2.04. The molecule has 0 radical (unpaired) electrons. The van der Waals surface area contributed by atoms with E-state index >= 15 is 0 Å². The summed E-state index contributed by atoms with van der Waals surface area (Å²) in [5.74, 6) is 0.140. The minimum atomic E-state index is 0.140. The zero-order valence-corrected chi connectivity index (χ0v) is 13.2. The number of aryl methyl sites for hydroxylation is 1. The highest BCUT2D eigenvalue weighted by Crippen LogP contribution is 2.17. The van der Waals surface area contributed by atoms with Gasteiger partial charge in [-0.05, 0) is 36.5 Å². The summed E-state index contributed by atoms with van der Waals surface area (Å²) in [5, 5.41) is 4.26. The molecule has 3 rings (SSSR count). The van der Waals surface area contributed by atoms with E-state index in [4.69, 9.17) is 0 Å². The quantitative estimate of drug-likeness (QED) is 0.684. The Balaban J connectivity index is 1.39. The fraction of sp³-hybridized carbons (Fsp3) is 0.250. The van der Waals surface area contributed by atoms with E-state index in [-0.39, 0.29) is 5.91 Å². The Labute approximate surface area is 136 Å². The number of hydrogen-bond acceptors (Lipinski definition) is 1. The molecule has 3 nitrogen and oxygen atoms in total. The molecule has 0 saturated carbocycles. The van der Waals surface area contributed by atoms with Gasteiger partial charge in [-0.3, -0.25) is 4.79 Å². The van der Waals surface area contributed by atoms with E-state index in [1.54, 1.807) is 0 Å². The number of nitrogens with one attached hydrogen (secondary N) is 2. The molecule has 23 heavy (non-hydrogen) atoms. The SMILES string of the molecule is O=C(CCCc1ccccc1)NCCc1c[nH]c2ccccc12. The van der Waals surface area contributed by atoms with Crippen LogP contribution in [0.25, 0.3) is 10.9 Å². The Bertz CT molecular complexity index is 761. The maximum atomic E-state index is 11.9. The average Bonchev–Trinajstić information content (AvgIpc) is 2.99. The number of benzene rings is 2. The van der Waals surface area contributed by atoms with Crippen molar-refractivity contribution in [2.24, 2.45) is 0 Å². The van der Waals surface area contributed by atoms with Crippen molar-refractivity contribution in [3.63, 3.8) is 0 Å². The minimum Gasteiger partial charge on any atom is -0.361 e. The summed E-state index contributed by atoms with van der Waals surface area (Å²) in [4.78, 5) is 15.2. The second-order valence-electron chi connectivity index (χ2n) is 5.80. The van der Waals surface area contributed by atoms with Crippen LogP contribution in [-0.4, -0.2) is 17.4 Å². The summed E-state index contributed by atoms with van der Waals surface area (Å²) in [6.45, 7) is 0.687. The number of aromatic nitrogens is 1. The van der Waals surface area contributed by atoms with Crippen molar-refractivity contribution in [3.8, 4) is 0 Å². The van der Waals surface area contributed by atoms with Crippen LogP contribution in [0.1, 0.15) is 24.0 Å². The van der Waals surface area contributed by atoms with Crippen molar-refractivity contribution in [2.75, 3.05) is 6.54 Å². The molecule has 1 heterocycles. The third-order valence-electron chi connectivity index (χ3n) is 4.10. The highest BCUT2D eigenvalue weighted by atomic mass is 16.1. The number of amides is 1. The molecule has 0 bridgehead atoms. The van der Waals surface area contributed by atoms with Gasteiger partial charge in [-0.1, -0.05) is 48.5 Å². The molecule has 118 valence electrons. The molecule has 0 spiro atoms. The van der Waals surface area contributed by atoms with Gasteiger partial charge >= 0.3 is 0 Å². The molecule has 0 aliphatic carbocycles. The number of carbonyl (C=O) groups is 1. The van der Waals surface area contributed by atoms with Gasteiger partial charge in [0.25, 0.3) is 0 Å². The summed E-state index contributed by atoms with van der Waals surface area (Å²) in [6, 6.07) is 18.6. The molecule has 2 N–H and O–H groups in total. The fourth-order valence-electron chi connectivity index (χ4n) is 2.86. The maximum Gasteiger partial charge on any atom is 0.220 e. The molecule has 2 aromatic carbocycles. The molecular weight excluding hydrogens is 284 g/mol. The van der Waals surface area contributed by atoms with E-state index in [2.05, 4.69) is 34.6 Å². The Kier molecular flexibility index (Phi) is 5.09. The Morgan fingerprint density at radius 3 is 2.61 bits per heavy atom. The molecule has 0 saturated heterocycles. The van der Waals surface area contributed by atoms with E-state index < -0.39 is 0 Å². The Morgan fingerprint density at radius 1 is 0.957 bits per heavy atom. The van der Waals surface area contributed by atoms with Gasteiger partial charge in [-0.2, -0.15) is 0 Å². The van der Waals surface area contributed by atoms with E-state index in [1.165, 1.54) is 16.5 Å². The number of hydrogen-bond donors (Lipinski definition) is 2. The number of rotatable bonds is 7. The van der Waals surface area contributed by atoms with Gasteiger partial charge in [-0.15, -0.1) is 0 Å². The summed E-state index contributed by atoms with van der Waals surface area (Å²) in [6.07, 6.45) is 5.32. The Morgan fingerprint density at radius 2 is 1.74 bits per heavy atom. The summed E-state index contributed by atoms with van der Waals surface area (Å²) >= 11 is 0. The van der Waals surface area contributed by atoms with Gasteiger partial charge in [0, 0.05) is 30.1 Å². The van der Waals surface area contributed by atoms with Crippen LogP contribution in [0.3, 0.4) is 0 Å². The monoisotopic (exact) mass is 306 g/mol. The van der Waals surface area contributed by atoms with Crippen LogP contribution < -0.4 is 5.32 Å². The van der Waals surface area contributed by atoms with Crippen molar-refractivity contribution in [1.29, 1.82) is 0 Å². The van der Waals surface area contributed by atoms with E-state index in [9.17, 15) is 4.79 Å². The zero-order valence-electron chi connectivity index (χ0n) is 13.2. The first-order valence-corrected chi connectivity index (χ1v) is 8.18. The highest BCUT2D eigenvalue weighted by molar-refractivity contribution is 5.83. The number of fused-ring (bicyclic) bond motifs is 1. The number of para-hydroxylation sites is 1. The van der Waals surface area contributed by atoms with Crippen molar-refractivity contribution < 1.29 is 4.79 Å². The summed E-state index contributed by atoms with van der Waals surface area (Å²) < 4.78 is 0. The second-order valence-corrected chi connectivity index (χ2v) is 5.80.